The van der Waals surface area contributed by atoms with Crippen LogP contribution in [0.4, 0.5) is 26.3 Å². The van der Waals surface area contributed by atoms with Gasteiger partial charge in [0.2, 0.25) is 0 Å². The van der Waals surface area contributed by atoms with Crippen LogP contribution in [-0.4, -0.2) is 31.0 Å². The number of ether oxygens (including phenoxy) is 1. The highest BCUT2D eigenvalue weighted by atomic mass is 19.4. The maximum Gasteiger partial charge on any atom is 0.522 e. The first-order valence-electron chi connectivity index (χ1n) is 6.93. The minimum absolute atomic E-state index is 0.00494. The van der Waals surface area contributed by atoms with Crippen molar-refractivity contribution in [1.29, 1.82) is 0 Å². The predicted molar refractivity (Wildman–Crippen MR) is 60.3 cm³/mol. The standard InChI is InChI=1S/C13H18F6O/c14-9-3-1-7(2-4-9)8-5-10(15)12(11(16)6-8)20-13(17,18)19/h7-12H,1-6H2. The Morgan fingerprint density at radius 1 is 0.750 bits per heavy atom. The lowest BCUT2D eigenvalue weighted by atomic mass is 9.71. The molecule has 7 heteroatoms. The Bertz CT molecular complexity index is 300. The first kappa shape index (κ1) is 15.9. The zero-order chi connectivity index (χ0) is 14.9. The van der Waals surface area contributed by atoms with Crippen LogP contribution < -0.4 is 0 Å². The van der Waals surface area contributed by atoms with Crippen molar-refractivity contribution in [2.75, 3.05) is 0 Å². The second-order valence-corrected chi connectivity index (χ2v) is 5.80. The zero-order valence-corrected chi connectivity index (χ0v) is 10.9. The van der Waals surface area contributed by atoms with E-state index >= 15 is 0 Å². The Hall–Kier alpha value is -0.460. The third-order valence-electron chi connectivity index (χ3n) is 4.41. The van der Waals surface area contributed by atoms with Crippen molar-refractivity contribution in [3.63, 3.8) is 0 Å². The number of halogens is 6. The molecule has 20 heavy (non-hydrogen) atoms. The van der Waals surface area contributed by atoms with Crippen LogP contribution in [0.2, 0.25) is 0 Å². The fourth-order valence-corrected chi connectivity index (χ4v) is 3.41. The van der Waals surface area contributed by atoms with Gasteiger partial charge in [-0.1, -0.05) is 0 Å². The Morgan fingerprint density at radius 2 is 1.25 bits per heavy atom. The third-order valence-corrected chi connectivity index (χ3v) is 4.41. The van der Waals surface area contributed by atoms with E-state index in [1.807, 2.05) is 0 Å². The van der Waals surface area contributed by atoms with Gasteiger partial charge in [0.05, 0.1) is 0 Å². The van der Waals surface area contributed by atoms with Gasteiger partial charge in [-0.3, -0.25) is 4.74 Å². The van der Waals surface area contributed by atoms with Crippen molar-refractivity contribution in [3.05, 3.63) is 0 Å². The first-order valence-corrected chi connectivity index (χ1v) is 6.93. The number of alkyl halides is 6. The number of hydrogen-bond donors (Lipinski definition) is 0. The Kier molecular flexibility index (Phi) is 4.87. The van der Waals surface area contributed by atoms with Crippen molar-refractivity contribution in [2.45, 2.75) is 69.5 Å². The maximum absolute atomic E-state index is 13.8. The van der Waals surface area contributed by atoms with E-state index in [1.54, 1.807) is 0 Å². The Labute approximate surface area is 113 Å². The van der Waals surface area contributed by atoms with Crippen LogP contribution in [0.15, 0.2) is 0 Å². The zero-order valence-electron chi connectivity index (χ0n) is 10.9. The van der Waals surface area contributed by atoms with Crippen LogP contribution in [0, 0.1) is 11.8 Å². The molecule has 0 aromatic rings. The molecule has 0 radical (unpaired) electrons. The summed E-state index contributed by atoms with van der Waals surface area (Å²) in [5.74, 6) is -0.314. The van der Waals surface area contributed by atoms with Gasteiger partial charge in [-0.25, -0.2) is 13.2 Å². The van der Waals surface area contributed by atoms with Gasteiger partial charge in [0, 0.05) is 0 Å². The topological polar surface area (TPSA) is 9.23 Å². The molecule has 0 aromatic heterocycles. The van der Waals surface area contributed by atoms with Crippen molar-refractivity contribution in [1.82, 2.24) is 0 Å². The van der Waals surface area contributed by atoms with E-state index in [0.717, 1.165) is 0 Å². The molecule has 0 bridgehead atoms. The van der Waals surface area contributed by atoms with E-state index in [0.29, 0.717) is 25.7 Å². The third kappa shape index (κ3) is 4.02. The highest BCUT2D eigenvalue weighted by Gasteiger charge is 2.47. The molecule has 2 saturated carbocycles. The van der Waals surface area contributed by atoms with Crippen LogP contribution in [0.25, 0.3) is 0 Å². The van der Waals surface area contributed by atoms with Crippen LogP contribution in [-0.2, 0) is 4.74 Å². The summed E-state index contributed by atoms with van der Waals surface area (Å²) in [5.41, 5.74) is 0. The van der Waals surface area contributed by atoms with Gasteiger partial charge < -0.3 is 0 Å². The molecule has 0 aromatic carbocycles. The second-order valence-electron chi connectivity index (χ2n) is 5.80. The summed E-state index contributed by atoms with van der Waals surface area (Å²) in [5, 5.41) is 0. The fraction of sp³-hybridized carbons (Fsp3) is 1.00. The first-order chi connectivity index (χ1) is 9.26. The molecule has 0 spiro atoms. The Balaban J connectivity index is 1.92. The molecule has 2 unspecified atom stereocenters. The largest absolute Gasteiger partial charge is 0.522 e. The molecule has 0 aliphatic heterocycles. The minimum atomic E-state index is -5.03. The van der Waals surface area contributed by atoms with Gasteiger partial charge in [0.25, 0.3) is 0 Å². The molecule has 0 N–H and O–H groups in total. The van der Waals surface area contributed by atoms with Crippen LogP contribution >= 0.6 is 0 Å². The lowest BCUT2D eigenvalue weighted by Crippen LogP contribution is -2.46. The van der Waals surface area contributed by atoms with Gasteiger partial charge in [0.15, 0.2) is 0 Å². The Morgan fingerprint density at radius 3 is 1.70 bits per heavy atom. The van der Waals surface area contributed by atoms with Gasteiger partial charge >= 0.3 is 6.36 Å². The molecular formula is C13H18F6O. The summed E-state index contributed by atoms with van der Waals surface area (Å²) in [6.07, 6.45) is -10.3. The fourth-order valence-electron chi connectivity index (χ4n) is 3.41. The SMILES string of the molecule is FC1CCC(C2CC(F)C(OC(F)(F)F)C(F)C2)CC1. The average molecular weight is 304 g/mol. The lowest BCUT2D eigenvalue weighted by molar-refractivity contribution is -0.358. The molecule has 0 heterocycles. The average Bonchev–Trinajstić information content (AvgIpc) is 2.33. The van der Waals surface area contributed by atoms with Crippen molar-refractivity contribution < 1.29 is 31.1 Å². The molecule has 2 rings (SSSR count). The summed E-state index contributed by atoms with van der Waals surface area (Å²) in [7, 11) is 0. The number of hydrogen-bond acceptors (Lipinski definition) is 1. The lowest BCUT2D eigenvalue weighted by Gasteiger charge is -2.39. The molecule has 118 valence electrons. The smallest absolute Gasteiger partial charge is 0.282 e. The minimum Gasteiger partial charge on any atom is -0.282 e. The van der Waals surface area contributed by atoms with E-state index in [4.69, 9.17) is 0 Å². The van der Waals surface area contributed by atoms with Crippen LogP contribution in [0.3, 0.4) is 0 Å². The second kappa shape index (κ2) is 6.12. The highest BCUT2D eigenvalue weighted by molar-refractivity contribution is 4.91. The molecule has 0 saturated heterocycles. The normalized spacial score (nSPS) is 43.5. The van der Waals surface area contributed by atoms with Crippen LogP contribution in [0.5, 0.6) is 0 Å². The van der Waals surface area contributed by atoms with Crippen molar-refractivity contribution in [2.24, 2.45) is 11.8 Å². The summed E-state index contributed by atoms with van der Waals surface area (Å²) in [4.78, 5) is 0. The van der Waals surface area contributed by atoms with Gasteiger partial charge in [-0.15, -0.1) is 13.2 Å². The van der Waals surface area contributed by atoms with Crippen LogP contribution in [0.1, 0.15) is 38.5 Å². The maximum atomic E-state index is 13.8. The highest BCUT2D eigenvalue weighted by Crippen LogP contribution is 2.42. The van der Waals surface area contributed by atoms with Gasteiger partial charge in [0.1, 0.15) is 24.6 Å². The van der Waals surface area contributed by atoms with Crippen molar-refractivity contribution in [3.8, 4) is 0 Å². The quantitative estimate of drug-likeness (QED) is 0.682. The summed E-state index contributed by atoms with van der Waals surface area (Å²) in [6.45, 7) is 0. The van der Waals surface area contributed by atoms with Gasteiger partial charge in [-0.05, 0) is 50.4 Å². The van der Waals surface area contributed by atoms with E-state index in [1.165, 1.54) is 0 Å². The summed E-state index contributed by atoms with van der Waals surface area (Å²) >= 11 is 0. The van der Waals surface area contributed by atoms with E-state index < -0.39 is 31.0 Å². The summed E-state index contributed by atoms with van der Waals surface area (Å²) < 4.78 is 80.4. The van der Waals surface area contributed by atoms with E-state index in [9.17, 15) is 26.3 Å². The molecule has 2 aliphatic carbocycles. The molecule has 2 atom stereocenters. The molecule has 0 amide bonds. The predicted octanol–water partition coefficient (Wildman–Crippen LogP) is 4.51. The summed E-state index contributed by atoms with van der Waals surface area (Å²) in [6, 6.07) is 0. The van der Waals surface area contributed by atoms with Gasteiger partial charge in [-0.2, -0.15) is 0 Å². The molecular weight excluding hydrogens is 286 g/mol. The molecule has 2 fully saturated rings. The van der Waals surface area contributed by atoms with E-state index in [2.05, 4.69) is 4.74 Å². The number of rotatable bonds is 2. The molecule has 2 aliphatic rings. The monoisotopic (exact) mass is 304 g/mol. The van der Waals surface area contributed by atoms with Crippen molar-refractivity contribution >= 4 is 0 Å². The molecule has 1 nitrogen and oxygen atoms in total. The van der Waals surface area contributed by atoms with E-state index in [-0.39, 0.29) is 24.7 Å².